The Morgan fingerprint density at radius 3 is 2.06 bits per heavy atom. The maximum atomic E-state index is 11.1. The molecule has 2 atom stereocenters. The maximum Gasteiger partial charge on any atom is 0.331 e. The van der Waals surface area contributed by atoms with Gasteiger partial charge in [0.05, 0.1) is 6.42 Å². The SMILES string of the molecule is N[C@@H](CCC(=O)OC(=O)[C@@H](N)CC(=O)O)C(=O)O. The molecule has 0 aliphatic heterocycles. The second kappa shape index (κ2) is 7.35. The van der Waals surface area contributed by atoms with E-state index >= 15 is 0 Å². The first-order valence-corrected chi connectivity index (χ1v) is 4.94. The monoisotopic (exact) mass is 262 g/mol. The van der Waals surface area contributed by atoms with Gasteiger partial charge in [0.25, 0.3) is 0 Å². The van der Waals surface area contributed by atoms with Crippen LogP contribution in [0, 0.1) is 0 Å². The molecule has 0 amide bonds. The fraction of sp³-hybridized carbons (Fsp3) is 0.556. The van der Waals surface area contributed by atoms with Crippen LogP contribution in [-0.2, 0) is 23.9 Å². The molecule has 0 aromatic carbocycles. The summed E-state index contributed by atoms with van der Waals surface area (Å²) in [6.07, 6.45) is -1.24. The van der Waals surface area contributed by atoms with Crippen LogP contribution in [0.15, 0.2) is 0 Å². The number of hydrogen-bond acceptors (Lipinski definition) is 7. The Kier molecular flexibility index (Phi) is 6.53. The topological polar surface area (TPSA) is 170 Å². The second-order valence-corrected chi connectivity index (χ2v) is 3.48. The van der Waals surface area contributed by atoms with Crippen molar-refractivity contribution in [2.45, 2.75) is 31.3 Å². The van der Waals surface area contributed by atoms with Crippen molar-refractivity contribution < 1.29 is 34.1 Å². The molecule has 102 valence electrons. The summed E-state index contributed by atoms with van der Waals surface area (Å²) >= 11 is 0. The number of carbonyl (C=O) groups excluding carboxylic acids is 2. The number of carboxylic acid groups (broad SMARTS) is 2. The van der Waals surface area contributed by atoms with Crippen molar-refractivity contribution in [3.05, 3.63) is 0 Å². The summed E-state index contributed by atoms with van der Waals surface area (Å²) in [6, 6.07) is -2.68. The van der Waals surface area contributed by atoms with Gasteiger partial charge < -0.3 is 26.4 Å². The molecule has 0 radical (unpaired) electrons. The van der Waals surface area contributed by atoms with Crippen molar-refractivity contribution in [2.24, 2.45) is 11.5 Å². The Morgan fingerprint density at radius 1 is 1.06 bits per heavy atom. The summed E-state index contributed by atoms with van der Waals surface area (Å²) < 4.78 is 4.23. The summed E-state index contributed by atoms with van der Waals surface area (Å²) in [4.78, 5) is 42.7. The molecule has 9 nitrogen and oxygen atoms in total. The molecule has 0 fully saturated rings. The Morgan fingerprint density at radius 2 is 1.61 bits per heavy atom. The maximum absolute atomic E-state index is 11.1. The Balaban J connectivity index is 4.05. The molecule has 0 unspecified atom stereocenters. The van der Waals surface area contributed by atoms with Crippen LogP contribution in [0.3, 0.4) is 0 Å². The summed E-state index contributed by atoms with van der Waals surface area (Å²) in [7, 11) is 0. The molecule has 0 aliphatic carbocycles. The molecule has 0 bridgehead atoms. The fourth-order valence-corrected chi connectivity index (χ4v) is 0.907. The first-order chi connectivity index (χ1) is 8.23. The largest absolute Gasteiger partial charge is 0.481 e. The number of aliphatic carboxylic acids is 2. The Labute approximate surface area is 102 Å². The highest BCUT2D eigenvalue weighted by atomic mass is 16.6. The van der Waals surface area contributed by atoms with E-state index in [1.54, 1.807) is 0 Å². The third kappa shape index (κ3) is 6.55. The molecule has 6 N–H and O–H groups in total. The standard InChI is InChI=1S/C9H14N2O7/c10-4(8(15)16)1-2-7(14)18-9(17)5(11)3-6(12)13/h4-5H,1-3,10-11H2,(H,12,13)(H,15,16)/t4-,5-/m0/s1. The van der Waals surface area contributed by atoms with E-state index in [2.05, 4.69) is 4.74 Å². The van der Waals surface area contributed by atoms with Crippen molar-refractivity contribution in [2.75, 3.05) is 0 Å². The van der Waals surface area contributed by atoms with Crippen LogP contribution in [0.4, 0.5) is 0 Å². The predicted octanol–water partition coefficient (Wildman–Crippen LogP) is -1.95. The zero-order chi connectivity index (χ0) is 14.3. The van der Waals surface area contributed by atoms with Gasteiger partial charge in [-0.1, -0.05) is 0 Å². The van der Waals surface area contributed by atoms with Crippen LogP contribution < -0.4 is 11.5 Å². The zero-order valence-electron chi connectivity index (χ0n) is 9.37. The van der Waals surface area contributed by atoms with Crippen molar-refractivity contribution in [3.8, 4) is 0 Å². The number of carboxylic acids is 2. The van der Waals surface area contributed by atoms with Gasteiger partial charge in [-0.05, 0) is 6.42 Å². The predicted molar refractivity (Wildman–Crippen MR) is 56.2 cm³/mol. The van der Waals surface area contributed by atoms with Crippen LogP contribution in [0.2, 0.25) is 0 Å². The molecule has 0 aromatic rings. The normalized spacial score (nSPS) is 13.4. The van der Waals surface area contributed by atoms with Gasteiger partial charge in [-0.25, -0.2) is 4.79 Å². The van der Waals surface area contributed by atoms with Gasteiger partial charge in [-0.2, -0.15) is 0 Å². The highest BCUT2D eigenvalue weighted by molar-refractivity contribution is 5.90. The first kappa shape index (κ1) is 16.0. The lowest BCUT2D eigenvalue weighted by Gasteiger charge is -2.08. The minimum absolute atomic E-state index is 0.199. The lowest BCUT2D eigenvalue weighted by atomic mass is 10.2. The Bertz CT molecular complexity index is 355. The fourth-order valence-electron chi connectivity index (χ4n) is 0.907. The van der Waals surface area contributed by atoms with E-state index < -0.39 is 42.4 Å². The molecule has 0 aliphatic rings. The summed E-state index contributed by atoms with van der Waals surface area (Å²) in [5.74, 6) is -4.76. The minimum Gasteiger partial charge on any atom is -0.481 e. The van der Waals surface area contributed by atoms with E-state index in [0.29, 0.717) is 0 Å². The van der Waals surface area contributed by atoms with Crippen LogP contribution in [0.1, 0.15) is 19.3 Å². The number of rotatable bonds is 7. The van der Waals surface area contributed by atoms with E-state index in [0.717, 1.165) is 0 Å². The third-order valence-electron chi connectivity index (χ3n) is 1.89. The quantitative estimate of drug-likeness (QED) is 0.300. The average Bonchev–Trinajstić information content (AvgIpc) is 2.24. The molecular formula is C9H14N2O7. The van der Waals surface area contributed by atoms with Gasteiger partial charge in [-0.3, -0.25) is 14.4 Å². The van der Waals surface area contributed by atoms with E-state index in [1.165, 1.54) is 0 Å². The summed E-state index contributed by atoms with van der Waals surface area (Å²) in [5.41, 5.74) is 10.3. The number of carbonyl (C=O) groups is 4. The van der Waals surface area contributed by atoms with Gasteiger partial charge in [0.2, 0.25) is 0 Å². The zero-order valence-corrected chi connectivity index (χ0v) is 9.37. The van der Waals surface area contributed by atoms with Gasteiger partial charge in [0, 0.05) is 6.42 Å². The molecule has 0 spiro atoms. The third-order valence-corrected chi connectivity index (χ3v) is 1.89. The molecule has 0 rings (SSSR count). The molecule has 0 saturated carbocycles. The van der Waals surface area contributed by atoms with Gasteiger partial charge in [-0.15, -0.1) is 0 Å². The molecule has 18 heavy (non-hydrogen) atoms. The average molecular weight is 262 g/mol. The highest BCUT2D eigenvalue weighted by Crippen LogP contribution is 2.00. The molecule has 0 aromatic heterocycles. The van der Waals surface area contributed by atoms with Crippen molar-refractivity contribution in [3.63, 3.8) is 0 Å². The molecule has 0 heterocycles. The van der Waals surface area contributed by atoms with Crippen LogP contribution in [0.5, 0.6) is 0 Å². The van der Waals surface area contributed by atoms with Crippen LogP contribution in [-0.4, -0.2) is 46.2 Å². The number of nitrogens with two attached hydrogens (primary N) is 2. The number of esters is 2. The van der Waals surface area contributed by atoms with Crippen molar-refractivity contribution >= 4 is 23.9 Å². The summed E-state index contributed by atoms with van der Waals surface area (Å²) in [6.45, 7) is 0. The van der Waals surface area contributed by atoms with Gasteiger partial charge >= 0.3 is 23.9 Å². The molecule has 0 saturated heterocycles. The Hall–Kier alpha value is -2.00. The first-order valence-electron chi connectivity index (χ1n) is 4.94. The lowest BCUT2D eigenvalue weighted by Crippen LogP contribution is -2.36. The van der Waals surface area contributed by atoms with E-state index in [1.807, 2.05) is 0 Å². The van der Waals surface area contributed by atoms with Crippen LogP contribution in [0.25, 0.3) is 0 Å². The van der Waals surface area contributed by atoms with E-state index in [9.17, 15) is 19.2 Å². The smallest absolute Gasteiger partial charge is 0.331 e. The molecule has 9 heteroatoms. The highest BCUT2D eigenvalue weighted by Gasteiger charge is 2.22. The van der Waals surface area contributed by atoms with Crippen molar-refractivity contribution in [1.29, 1.82) is 0 Å². The van der Waals surface area contributed by atoms with E-state index in [-0.39, 0.29) is 12.8 Å². The van der Waals surface area contributed by atoms with Gasteiger partial charge in [0.15, 0.2) is 0 Å². The van der Waals surface area contributed by atoms with Gasteiger partial charge in [0.1, 0.15) is 12.1 Å². The van der Waals surface area contributed by atoms with Crippen LogP contribution >= 0.6 is 0 Å². The molecular weight excluding hydrogens is 248 g/mol. The second-order valence-electron chi connectivity index (χ2n) is 3.48. The lowest BCUT2D eigenvalue weighted by molar-refractivity contribution is -0.162. The summed E-state index contributed by atoms with van der Waals surface area (Å²) in [5, 5.41) is 16.8. The number of ether oxygens (including phenoxy) is 1. The minimum atomic E-state index is -1.44. The number of hydrogen-bond donors (Lipinski definition) is 4. The van der Waals surface area contributed by atoms with Crippen molar-refractivity contribution in [1.82, 2.24) is 0 Å². The van der Waals surface area contributed by atoms with E-state index in [4.69, 9.17) is 21.7 Å².